The molecule has 156 valence electrons. The molecule has 1 saturated heterocycles. The number of rotatable bonds is 5. The van der Waals surface area contributed by atoms with E-state index in [4.69, 9.17) is 4.74 Å². The van der Waals surface area contributed by atoms with Gasteiger partial charge in [-0.15, -0.1) is 12.4 Å². The normalized spacial score (nSPS) is 18.1. The number of methoxy groups -OCH3 is 1. The van der Waals surface area contributed by atoms with Gasteiger partial charge in [-0.25, -0.2) is 13.4 Å². The number of imidazole rings is 1. The second-order valence-electron chi connectivity index (χ2n) is 7.25. The molecule has 0 saturated carbocycles. The summed E-state index contributed by atoms with van der Waals surface area (Å²) in [6, 6.07) is 3.25. The van der Waals surface area contributed by atoms with Crippen LogP contribution in [0.3, 0.4) is 0 Å². The summed E-state index contributed by atoms with van der Waals surface area (Å²) >= 11 is 0. The van der Waals surface area contributed by atoms with E-state index in [1.807, 2.05) is 44.6 Å². The van der Waals surface area contributed by atoms with Gasteiger partial charge in [-0.1, -0.05) is 13.8 Å². The Labute approximate surface area is 173 Å². The largest absolute Gasteiger partial charge is 0.496 e. The van der Waals surface area contributed by atoms with Crippen LogP contribution < -0.4 is 10.1 Å². The van der Waals surface area contributed by atoms with E-state index in [2.05, 4.69) is 10.3 Å². The minimum Gasteiger partial charge on any atom is -0.496 e. The average Bonchev–Trinajstić information content (AvgIpc) is 3.06. The number of hydrogen-bond acceptors (Lipinski definition) is 5. The summed E-state index contributed by atoms with van der Waals surface area (Å²) < 4.78 is 36.2. The Morgan fingerprint density at radius 3 is 2.61 bits per heavy atom. The maximum atomic E-state index is 13.6. The van der Waals surface area contributed by atoms with Gasteiger partial charge in [0.1, 0.15) is 11.6 Å². The summed E-state index contributed by atoms with van der Waals surface area (Å²) in [5.41, 5.74) is 1.58. The molecule has 28 heavy (non-hydrogen) atoms. The van der Waals surface area contributed by atoms with Crippen molar-refractivity contribution in [2.24, 2.45) is 7.05 Å². The maximum absolute atomic E-state index is 13.6. The molecule has 0 bridgehead atoms. The standard InChI is InChI=1S/C19H28N4O3S.ClH/c1-13(2)15-11-18(14(3)10-17(15)26-5)27(24,25)23-9-6-20-12-16(23)19-21-7-8-22(19)4;/h7-8,10-11,13,16,20H,6,9,12H2,1-5H3;1H. The number of nitrogens with zero attached hydrogens (tertiary/aromatic N) is 3. The molecule has 0 radical (unpaired) electrons. The van der Waals surface area contributed by atoms with E-state index in [0.717, 1.165) is 17.1 Å². The highest BCUT2D eigenvalue weighted by Gasteiger charge is 2.37. The van der Waals surface area contributed by atoms with Gasteiger partial charge in [-0.2, -0.15) is 4.31 Å². The van der Waals surface area contributed by atoms with Gasteiger partial charge in [-0.3, -0.25) is 0 Å². The van der Waals surface area contributed by atoms with Crippen LogP contribution in [0.1, 0.15) is 42.8 Å². The predicted molar refractivity (Wildman–Crippen MR) is 112 cm³/mol. The fourth-order valence-corrected chi connectivity index (χ4v) is 5.43. The molecule has 1 N–H and O–H groups in total. The minimum absolute atomic E-state index is 0. The second-order valence-corrected chi connectivity index (χ2v) is 9.11. The molecule has 2 heterocycles. The number of piperazine rings is 1. The van der Waals surface area contributed by atoms with Gasteiger partial charge in [0, 0.05) is 39.1 Å². The third-order valence-electron chi connectivity index (χ3n) is 5.09. The summed E-state index contributed by atoms with van der Waals surface area (Å²) in [5, 5.41) is 3.29. The van der Waals surface area contributed by atoms with Gasteiger partial charge in [0.15, 0.2) is 0 Å². The van der Waals surface area contributed by atoms with Crippen molar-refractivity contribution in [3.63, 3.8) is 0 Å². The predicted octanol–water partition coefficient (Wildman–Crippen LogP) is 2.62. The number of aromatic nitrogens is 2. The van der Waals surface area contributed by atoms with Gasteiger partial charge in [0.05, 0.1) is 18.0 Å². The van der Waals surface area contributed by atoms with Crippen LogP contribution in [0.15, 0.2) is 29.4 Å². The first-order valence-electron chi connectivity index (χ1n) is 9.15. The van der Waals surface area contributed by atoms with E-state index in [0.29, 0.717) is 30.1 Å². The summed E-state index contributed by atoms with van der Waals surface area (Å²) in [7, 11) is -0.182. The monoisotopic (exact) mass is 428 g/mol. The Hall–Kier alpha value is -1.61. The number of aryl methyl sites for hydroxylation is 2. The van der Waals surface area contributed by atoms with E-state index in [-0.39, 0.29) is 24.4 Å². The Morgan fingerprint density at radius 1 is 1.32 bits per heavy atom. The zero-order chi connectivity index (χ0) is 19.8. The Kier molecular flexibility index (Phi) is 7.14. The molecule has 1 aromatic heterocycles. The Balaban J connectivity index is 0.00000280. The van der Waals surface area contributed by atoms with Crippen LogP contribution in [0, 0.1) is 6.92 Å². The highest BCUT2D eigenvalue weighted by Crippen LogP contribution is 2.35. The number of ether oxygens (including phenoxy) is 1. The van der Waals surface area contributed by atoms with Crippen molar-refractivity contribution < 1.29 is 13.2 Å². The Morgan fingerprint density at radius 2 is 2.04 bits per heavy atom. The van der Waals surface area contributed by atoms with Gasteiger partial charge >= 0.3 is 0 Å². The third-order valence-corrected chi connectivity index (χ3v) is 7.14. The van der Waals surface area contributed by atoms with Gasteiger partial charge in [0.25, 0.3) is 0 Å². The number of benzene rings is 1. The topological polar surface area (TPSA) is 76.5 Å². The lowest BCUT2D eigenvalue weighted by Gasteiger charge is -2.35. The summed E-state index contributed by atoms with van der Waals surface area (Å²) in [6.07, 6.45) is 3.54. The first-order valence-corrected chi connectivity index (χ1v) is 10.6. The molecule has 0 amide bonds. The van der Waals surface area contributed by atoms with Crippen LogP contribution in [0.5, 0.6) is 5.75 Å². The quantitative estimate of drug-likeness (QED) is 0.792. The molecule has 1 fully saturated rings. The molecular weight excluding hydrogens is 400 g/mol. The van der Waals surface area contributed by atoms with Crippen LogP contribution in [-0.4, -0.2) is 49.0 Å². The van der Waals surface area contributed by atoms with E-state index >= 15 is 0 Å². The lowest BCUT2D eigenvalue weighted by atomic mass is 10.0. The maximum Gasteiger partial charge on any atom is 0.244 e. The lowest BCUT2D eigenvalue weighted by Crippen LogP contribution is -2.49. The van der Waals surface area contributed by atoms with E-state index in [1.54, 1.807) is 23.7 Å². The highest BCUT2D eigenvalue weighted by atomic mass is 35.5. The molecule has 1 aliphatic rings. The van der Waals surface area contributed by atoms with Gasteiger partial charge in [0.2, 0.25) is 10.0 Å². The molecule has 3 rings (SSSR count). The summed E-state index contributed by atoms with van der Waals surface area (Å²) in [6.45, 7) is 7.44. The third kappa shape index (κ3) is 4.05. The lowest BCUT2D eigenvalue weighted by molar-refractivity contribution is 0.258. The summed E-state index contributed by atoms with van der Waals surface area (Å²) in [5.74, 6) is 1.62. The first-order chi connectivity index (χ1) is 12.8. The molecular formula is C19H29ClN4O3S. The van der Waals surface area contributed by atoms with Crippen molar-refractivity contribution >= 4 is 22.4 Å². The molecule has 7 nitrogen and oxygen atoms in total. The molecule has 1 aliphatic heterocycles. The van der Waals surface area contributed by atoms with Crippen molar-refractivity contribution in [2.45, 2.75) is 37.6 Å². The number of nitrogens with one attached hydrogen (secondary N) is 1. The zero-order valence-electron chi connectivity index (χ0n) is 17.0. The smallest absolute Gasteiger partial charge is 0.244 e. The summed E-state index contributed by atoms with van der Waals surface area (Å²) in [4.78, 5) is 4.73. The second kappa shape index (κ2) is 8.82. The molecule has 0 spiro atoms. The fourth-order valence-electron chi connectivity index (χ4n) is 3.60. The average molecular weight is 429 g/mol. The van der Waals surface area contributed by atoms with Gasteiger partial charge in [-0.05, 0) is 36.1 Å². The molecule has 0 aliphatic carbocycles. The van der Waals surface area contributed by atoms with Crippen LogP contribution in [0.4, 0.5) is 0 Å². The van der Waals surface area contributed by atoms with Gasteiger partial charge < -0.3 is 14.6 Å². The minimum atomic E-state index is -3.68. The number of sulfonamides is 1. The highest BCUT2D eigenvalue weighted by molar-refractivity contribution is 7.89. The molecule has 1 aromatic carbocycles. The van der Waals surface area contributed by atoms with Crippen LogP contribution in [-0.2, 0) is 17.1 Å². The first kappa shape index (κ1) is 22.7. The number of hydrogen-bond donors (Lipinski definition) is 1. The van der Waals surface area contributed by atoms with Crippen LogP contribution in [0.25, 0.3) is 0 Å². The van der Waals surface area contributed by atoms with Crippen molar-refractivity contribution in [1.29, 1.82) is 0 Å². The van der Waals surface area contributed by atoms with E-state index in [9.17, 15) is 8.42 Å². The number of halogens is 1. The van der Waals surface area contributed by atoms with Crippen molar-refractivity contribution in [1.82, 2.24) is 19.2 Å². The molecule has 2 aromatic rings. The SMILES string of the molecule is COc1cc(C)c(S(=O)(=O)N2CCNCC2c2nccn2C)cc1C(C)C.Cl. The van der Waals surface area contributed by atoms with Crippen molar-refractivity contribution in [3.05, 3.63) is 41.5 Å². The molecule has 9 heteroatoms. The van der Waals surface area contributed by atoms with Crippen LogP contribution >= 0.6 is 12.4 Å². The van der Waals surface area contributed by atoms with Crippen molar-refractivity contribution in [2.75, 3.05) is 26.7 Å². The van der Waals surface area contributed by atoms with Crippen LogP contribution in [0.2, 0.25) is 0 Å². The van der Waals surface area contributed by atoms with Crippen molar-refractivity contribution in [3.8, 4) is 5.75 Å². The van der Waals surface area contributed by atoms with E-state index in [1.165, 1.54) is 0 Å². The Bertz CT molecular complexity index is 927. The molecule has 1 unspecified atom stereocenters. The van der Waals surface area contributed by atoms with E-state index < -0.39 is 10.0 Å². The molecule has 1 atom stereocenters. The zero-order valence-corrected chi connectivity index (χ0v) is 18.6. The fraction of sp³-hybridized carbons (Fsp3) is 0.526.